The van der Waals surface area contributed by atoms with Crippen molar-refractivity contribution in [2.75, 3.05) is 0 Å². The van der Waals surface area contributed by atoms with Gasteiger partial charge in [-0.1, -0.05) is 111 Å². The summed E-state index contributed by atoms with van der Waals surface area (Å²) in [6.45, 7) is 20.0. The van der Waals surface area contributed by atoms with Crippen LogP contribution in [0, 0.1) is 55.4 Å². The van der Waals surface area contributed by atoms with Crippen molar-refractivity contribution in [3.8, 4) is 114 Å². The van der Waals surface area contributed by atoms with Gasteiger partial charge in [-0.25, -0.2) is 9.59 Å². The van der Waals surface area contributed by atoms with Crippen molar-refractivity contribution in [1.29, 1.82) is 0 Å². The minimum Gasteiger partial charge on any atom is -0.508 e. The minimum absolute atomic E-state index is 0.00219. The Bertz CT molecular complexity index is 5520. The first-order valence-corrected chi connectivity index (χ1v) is 36.4. The summed E-state index contributed by atoms with van der Waals surface area (Å²) < 4.78 is 81.4. The lowest BCUT2D eigenvalue weighted by atomic mass is 9.76. The van der Waals surface area contributed by atoms with Gasteiger partial charge in [0.1, 0.15) is 103 Å². The van der Waals surface area contributed by atoms with Crippen LogP contribution in [0.25, 0.3) is 22.3 Å². The topological polar surface area (TPSA) is 223 Å². The van der Waals surface area contributed by atoms with E-state index in [0.717, 1.165) is 66.8 Å². The molecule has 12 aromatic rings. The molecule has 0 saturated heterocycles. The number of hydrogen-bond acceptors (Lipinski definition) is 14. The maximum absolute atomic E-state index is 15.2. The second-order valence-corrected chi connectivity index (χ2v) is 30.9. The molecule has 14 rings (SSSR count). The highest BCUT2D eigenvalue weighted by molar-refractivity contribution is 7.75. The third-order valence-corrected chi connectivity index (χ3v) is 23.6. The first-order chi connectivity index (χ1) is 49.2. The molecule has 18 heteroatoms. The molecule has 0 fully saturated rings. The van der Waals surface area contributed by atoms with E-state index in [1.807, 2.05) is 128 Å². The Balaban J connectivity index is 0.639. The minimum atomic E-state index is -3.98. The molecule has 0 radical (unpaired) electrons. The Hall–Kier alpha value is -12.0. The highest BCUT2D eigenvalue weighted by Crippen LogP contribution is 2.58. The first-order valence-electron chi connectivity index (χ1n) is 33.2. The number of para-hydroxylation sites is 2. The van der Waals surface area contributed by atoms with E-state index < -0.39 is 32.1 Å². The van der Waals surface area contributed by atoms with Crippen molar-refractivity contribution in [3.05, 3.63) is 285 Å². The summed E-state index contributed by atoms with van der Waals surface area (Å²) in [6, 6.07) is 62.2. The highest BCUT2D eigenvalue weighted by atomic mass is 31.2. The molecule has 2 atom stereocenters. The van der Waals surface area contributed by atoms with Crippen molar-refractivity contribution >= 4 is 47.9 Å². The van der Waals surface area contributed by atoms with Gasteiger partial charge in [0.15, 0.2) is 0 Å². The Morgan fingerprint density at radius 3 is 1.13 bits per heavy atom. The molecule has 2 aliphatic heterocycles. The SMILES string of the molecule is Cc1cc(Oc2c(C)cc(C(C)(C)c3cc(C)c(Oc4cc(C)c(Oc5ccc(Oc6ccc(O)cc6P6(=O)Oc7ccccc7-c7ccccc76)c(C(=O)O)c5)c(C)c4)c(C)c3)cc2C)cc(C)c1Oc1ccc(Oc2ccc(O)c(P3(=O)Oc4ccccc4-c4ccccc43)c2)c(C(=O)O)c1. The zero-order valence-corrected chi connectivity index (χ0v) is 59.7. The van der Waals surface area contributed by atoms with Crippen LogP contribution in [0.1, 0.15) is 90.2 Å². The molecule has 103 heavy (non-hydrogen) atoms. The van der Waals surface area contributed by atoms with Crippen LogP contribution in [-0.4, -0.2) is 32.4 Å². The van der Waals surface area contributed by atoms with E-state index in [2.05, 4.69) is 38.1 Å². The molecule has 2 aliphatic rings. The molecular formula is C85H70O16P2. The second-order valence-electron chi connectivity index (χ2n) is 26.4. The van der Waals surface area contributed by atoms with E-state index in [1.54, 1.807) is 60.7 Å². The second kappa shape index (κ2) is 26.5. The summed E-state index contributed by atoms with van der Waals surface area (Å²) in [5.74, 6) is 1.99. The standard InChI is InChI=1S/C85H70O16P2/c1-47-35-55(36-48(2)79(47)97-61-39-51(5)81(52(6)40-61)95-58-29-33-70(67(44-58)83(88)89)94-60-28-31-69(87)77(46-60)102(92)75-25-17-13-21-65(75)63-19-11-15-23-72(63)100-102)85(9,10)56-37-49(3)80(50(4)38-56)98-62-41-53(7)82(54(8)42-62)96-59-30-34-71(68(45-59)84(90)91)99-74-32-27-57(86)43-78(74)103(93)76-26-18-14-22-66(76)64-20-12-16-24-73(64)101-103/h11-46,86-87H,1-10H3,(H,88,89)(H,90,91). The Morgan fingerprint density at radius 2 is 0.689 bits per heavy atom. The van der Waals surface area contributed by atoms with Crippen molar-refractivity contribution in [2.45, 2.75) is 74.7 Å². The Kier molecular flexibility index (Phi) is 17.6. The summed E-state index contributed by atoms with van der Waals surface area (Å²) in [4.78, 5) is 25.8. The van der Waals surface area contributed by atoms with Crippen molar-refractivity contribution in [3.63, 3.8) is 0 Å². The Labute approximate surface area is 595 Å². The monoisotopic (exact) mass is 1410 g/mol. The fourth-order valence-corrected chi connectivity index (χ4v) is 18.3. The summed E-state index contributed by atoms with van der Waals surface area (Å²) >= 11 is 0. The van der Waals surface area contributed by atoms with Crippen LogP contribution in [0.2, 0.25) is 0 Å². The van der Waals surface area contributed by atoms with Gasteiger partial charge in [-0.2, -0.15) is 0 Å². The number of phenols is 2. The molecule has 12 aromatic carbocycles. The summed E-state index contributed by atoms with van der Waals surface area (Å²) in [7, 11) is -7.91. The molecule has 2 heterocycles. The average molecular weight is 1410 g/mol. The normalized spacial score (nSPS) is 14.9. The van der Waals surface area contributed by atoms with Crippen LogP contribution in [0.5, 0.6) is 92.0 Å². The highest BCUT2D eigenvalue weighted by Gasteiger charge is 2.42. The zero-order valence-electron chi connectivity index (χ0n) is 57.9. The van der Waals surface area contributed by atoms with Crippen LogP contribution in [0.3, 0.4) is 0 Å². The molecule has 0 aliphatic carbocycles. The number of carboxylic acids is 2. The third kappa shape index (κ3) is 12.7. The number of aromatic carboxylic acids is 2. The van der Waals surface area contributed by atoms with Crippen LogP contribution >= 0.6 is 14.7 Å². The van der Waals surface area contributed by atoms with Crippen LogP contribution in [0.15, 0.2) is 218 Å². The number of hydrogen-bond donors (Lipinski definition) is 4. The van der Waals surface area contributed by atoms with E-state index in [-0.39, 0.29) is 67.7 Å². The van der Waals surface area contributed by atoms with E-state index in [0.29, 0.717) is 67.7 Å². The molecule has 16 nitrogen and oxygen atoms in total. The molecule has 0 aromatic heterocycles. The van der Waals surface area contributed by atoms with Gasteiger partial charge < -0.3 is 57.9 Å². The maximum atomic E-state index is 15.2. The number of benzene rings is 12. The summed E-state index contributed by atoms with van der Waals surface area (Å²) in [5, 5.41) is 43.8. The smallest absolute Gasteiger partial charge is 0.339 e. The molecule has 0 saturated carbocycles. The van der Waals surface area contributed by atoms with Crippen molar-refractivity contribution in [1.82, 2.24) is 0 Å². The van der Waals surface area contributed by atoms with E-state index in [4.69, 9.17) is 37.5 Å². The lowest BCUT2D eigenvalue weighted by molar-refractivity contribution is 0.0682. The van der Waals surface area contributed by atoms with E-state index in [9.17, 15) is 34.6 Å². The van der Waals surface area contributed by atoms with Gasteiger partial charge in [0.2, 0.25) is 0 Å². The molecule has 4 N–H and O–H groups in total. The Morgan fingerprint density at radius 1 is 0.340 bits per heavy atom. The van der Waals surface area contributed by atoms with Crippen LogP contribution in [0.4, 0.5) is 0 Å². The molecule has 0 spiro atoms. The number of aryl methyl sites for hydroxylation is 8. The first kappa shape index (κ1) is 68.2. The summed E-state index contributed by atoms with van der Waals surface area (Å²) in [6.07, 6.45) is 0. The predicted octanol–water partition coefficient (Wildman–Crippen LogP) is 20.6. The molecule has 0 amide bonds. The van der Waals surface area contributed by atoms with Gasteiger partial charge in [0.25, 0.3) is 0 Å². The lowest BCUT2D eigenvalue weighted by Gasteiger charge is -2.29. The predicted molar refractivity (Wildman–Crippen MR) is 398 cm³/mol. The maximum Gasteiger partial charge on any atom is 0.339 e. The molecule has 0 bridgehead atoms. The fraction of sp³-hybridized carbons (Fsp3) is 0.129. The van der Waals surface area contributed by atoms with E-state index >= 15 is 4.57 Å². The van der Waals surface area contributed by atoms with Crippen molar-refractivity contribution in [2.24, 2.45) is 0 Å². The molecular weight excluding hydrogens is 1340 g/mol. The van der Waals surface area contributed by atoms with Gasteiger partial charge in [-0.3, -0.25) is 9.13 Å². The number of carbonyl (C=O) groups is 2. The van der Waals surface area contributed by atoms with Gasteiger partial charge >= 0.3 is 26.7 Å². The largest absolute Gasteiger partial charge is 0.508 e. The number of fused-ring (bicyclic) bond motifs is 6. The van der Waals surface area contributed by atoms with E-state index in [1.165, 1.54) is 60.7 Å². The summed E-state index contributed by atoms with van der Waals surface area (Å²) in [5.41, 5.74) is 10.9. The number of phenolic OH excluding ortho intramolecular Hbond substituents is 2. The van der Waals surface area contributed by atoms with Crippen molar-refractivity contribution < 1.29 is 76.6 Å². The quantitative estimate of drug-likeness (QED) is 0.0586. The van der Waals surface area contributed by atoms with Gasteiger partial charge in [0.05, 0.1) is 21.2 Å². The number of aromatic hydroxyl groups is 2. The van der Waals surface area contributed by atoms with Crippen LogP contribution in [-0.2, 0) is 14.5 Å². The lowest BCUT2D eigenvalue weighted by Crippen LogP contribution is -2.26. The van der Waals surface area contributed by atoms with Gasteiger partial charge in [-0.15, -0.1) is 0 Å². The van der Waals surface area contributed by atoms with Gasteiger partial charge in [0, 0.05) is 16.5 Å². The van der Waals surface area contributed by atoms with Gasteiger partial charge in [-0.05, 0) is 243 Å². The fourth-order valence-electron chi connectivity index (χ4n) is 13.6. The number of rotatable bonds is 18. The zero-order chi connectivity index (χ0) is 72.6. The number of carboxylic acid groups (broad SMARTS) is 2. The molecule has 2 unspecified atom stereocenters. The number of ether oxygens (including phenoxy) is 6. The van der Waals surface area contributed by atoms with Crippen LogP contribution < -0.4 is 58.7 Å². The third-order valence-electron chi connectivity index (χ3n) is 18.7. The molecule has 516 valence electrons. The average Bonchev–Trinajstić information content (AvgIpc) is 0.737.